The maximum absolute atomic E-state index is 11.4. The maximum atomic E-state index is 11.4. The van der Waals surface area contributed by atoms with Crippen LogP contribution < -0.4 is 0 Å². The molecular formula is C10H12N6O2. The number of nitrogens with zero attached hydrogens (tertiary/aromatic N) is 6. The van der Waals surface area contributed by atoms with Crippen LogP contribution in [-0.2, 0) is 10.3 Å². The molecule has 8 heteroatoms. The van der Waals surface area contributed by atoms with Crippen molar-refractivity contribution in [1.29, 1.82) is 0 Å². The number of hydrogen-bond acceptors (Lipinski definition) is 6. The lowest BCUT2D eigenvalue weighted by molar-refractivity contribution is -0.147. The van der Waals surface area contributed by atoms with Gasteiger partial charge >= 0.3 is 5.97 Å². The Morgan fingerprint density at radius 3 is 2.67 bits per heavy atom. The van der Waals surface area contributed by atoms with E-state index in [9.17, 15) is 9.90 Å². The van der Waals surface area contributed by atoms with E-state index >= 15 is 0 Å². The van der Waals surface area contributed by atoms with Gasteiger partial charge in [-0.25, -0.2) is 19.4 Å². The van der Waals surface area contributed by atoms with E-state index in [0.29, 0.717) is 17.8 Å². The number of aromatic nitrogens is 6. The SMILES string of the molecule is CCC(C)(C(=O)O)n1nnnc1-c1cncnc1. The van der Waals surface area contributed by atoms with Crippen LogP contribution in [0.4, 0.5) is 0 Å². The molecule has 0 saturated carbocycles. The molecule has 0 radical (unpaired) electrons. The smallest absolute Gasteiger partial charge is 0.331 e. The second kappa shape index (κ2) is 4.47. The van der Waals surface area contributed by atoms with E-state index in [4.69, 9.17) is 0 Å². The molecule has 0 spiro atoms. The first-order chi connectivity index (χ1) is 8.59. The van der Waals surface area contributed by atoms with Crippen molar-refractivity contribution in [3.63, 3.8) is 0 Å². The molecule has 0 amide bonds. The average Bonchev–Trinajstić information content (AvgIpc) is 2.88. The van der Waals surface area contributed by atoms with Gasteiger partial charge in [-0.05, 0) is 23.8 Å². The van der Waals surface area contributed by atoms with Crippen LogP contribution in [0.5, 0.6) is 0 Å². The van der Waals surface area contributed by atoms with Gasteiger partial charge in [0.15, 0.2) is 11.4 Å². The first-order valence-corrected chi connectivity index (χ1v) is 5.37. The van der Waals surface area contributed by atoms with Crippen LogP contribution in [0.15, 0.2) is 18.7 Å². The molecule has 0 aromatic carbocycles. The number of carboxylic acid groups (broad SMARTS) is 1. The molecule has 8 nitrogen and oxygen atoms in total. The van der Waals surface area contributed by atoms with Gasteiger partial charge in [0.05, 0.1) is 5.56 Å². The van der Waals surface area contributed by atoms with Gasteiger partial charge in [0.1, 0.15) is 6.33 Å². The number of carboxylic acids is 1. The third kappa shape index (κ3) is 1.81. The van der Waals surface area contributed by atoms with Crippen molar-refractivity contribution in [3.05, 3.63) is 18.7 Å². The van der Waals surface area contributed by atoms with Crippen molar-refractivity contribution >= 4 is 5.97 Å². The summed E-state index contributed by atoms with van der Waals surface area (Å²) >= 11 is 0. The number of hydrogen-bond donors (Lipinski definition) is 1. The molecule has 94 valence electrons. The van der Waals surface area contributed by atoms with Gasteiger partial charge < -0.3 is 5.11 Å². The molecule has 2 heterocycles. The monoisotopic (exact) mass is 248 g/mol. The predicted octanol–water partition coefficient (Wildman–Crippen LogP) is 0.340. The van der Waals surface area contributed by atoms with Crippen molar-refractivity contribution in [2.45, 2.75) is 25.8 Å². The second-order valence-corrected chi connectivity index (χ2v) is 3.97. The lowest BCUT2D eigenvalue weighted by Crippen LogP contribution is -2.39. The Morgan fingerprint density at radius 1 is 1.44 bits per heavy atom. The normalized spacial score (nSPS) is 14.1. The first-order valence-electron chi connectivity index (χ1n) is 5.37. The molecule has 0 bridgehead atoms. The summed E-state index contributed by atoms with van der Waals surface area (Å²) in [7, 11) is 0. The Bertz CT molecular complexity index is 555. The molecule has 1 N–H and O–H groups in total. The van der Waals surface area contributed by atoms with Crippen LogP contribution >= 0.6 is 0 Å². The molecule has 2 rings (SSSR count). The second-order valence-electron chi connectivity index (χ2n) is 3.97. The average molecular weight is 248 g/mol. The predicted molar refractivity (Wildman–Crippen MR) is 60.4 cm³/mol. The summed E-state index contributed by atoms with van der Waals surface area (Å²) in [6.45, 7) is 3.33. The van der Waals surface area contributed by atoms with Crippen molar-refractivity contribution in [1.82, 2.24) is 30.2 Å². The van der Waals surface area contributed by atoms with Crippen LogP contribution in [0.3, 0.4) is 0 Å². The summed E-state index contributed by atoms with van der Waals surface area (Å²) in [5.74, 6) is -0.655. The fourth-order valence-corrected chi connectivity index (χ4v) is 1.51. The minimum absolute atomic E-state index is 0.336. The minimum atomic E-state index is -1.20. The summed E-state index contributed by atoms with van der Waals surface area (Å²) in [4.78, 5) is 19.1. The van der Waals surface area contributed by atoms with Crippen LogP contribution in [0, 0.1) is 0 Å². The Labute approximate surface area is 103 Å². The Balaban J connectivity index is 2.55. The Kier molecular flexibility index (Phi) is 3.00. The molecule has 0 aliphatic carbocycles. The van der Waals surface area contributed by atoms with Crippen LogP contribution in [0.1, 0.15) is 20.3 Å². The van der Waals surface area contributed by atoms with Crippen LogP contribution in [0.25, 0.3) is 11.4 Å². The van der Waals surface area contributed by atoms with Crippen molar-refractivity contribution < 1.29 is 9.90 Å². The highest BCUT2D eigenvalue weighted by Crippen LogP contribution is 2.25. The number of carbonyl (C=O) groups is 1. The van der Waals surface area contributed by atoms with Crippen LogP contribution in [0.2, 0.25) is 0 Å². The highest BCUT2D eigenvalue weighted by molar-refractivity contribution is 5.76. The Morgan fingerprint density at radius 2 is 2.11 bits per heavy atom. The summed E-state index contributed by atoms with van der Waals surface area (Å²) in [5.41, 5.74) is -0.627. The van der Waals surface area contributed by atoms with E-state index in [1.54, 1.807) is 13.8 Å². The maximum Gasteiger partial charge on any atom is 0.331 e. The molecule has 0 saturated heterocycles. The number of rotatable bonds is 4. The molecule has 0 aliphatic rings. The van der Waals surface area contributed by atoms with E-state index in [2.05, 4.69) is 25.5 Å². The molecule has 0 fully saturated rings. The summed E-state index contributed by atoms with van der Waals surface area (Å²) < 4.78 is 1.29. The molecule has 1 unspecified atom stereocenters. The highest BCUT2D eigenvalue weighted by Gasteiger charge is 2.37. The number of aliphatic carboxylic acids is 1. The van der Waals surface area contributed by atoms with E-state index in [1.165, 1.54) is 23.4 Å². The fraction of sp³-hybridized carbons (Fsp3) is 0.400. The topological polar surface area (TPSA) is 107 Å². The molecule has 2 aromatic heterocycles. The van der Waals surface area contributed by atoms with E-state index in [0.717, 1.165) is 0 Å². The lowest BCUT2D eigenvalue weighted by atomic mass is 9.99. The summed E-state index contributed by atoms with van der Waals surface area (Å²) in [5, 5.41) is 20.5. The van der Waals surface area contributed by atoms with Crippen molar-refractivity contribution in [3.8, 4) is 11.4 Å². The van der Waals surface area contributed by atoms with Gasteiger partial charge in [0, 0.05) is 12.4 Å². The zero-order chi connectivity index (χ0) is 13.2. The lowest BCUT2D eigenvalue weighted by Gasteiger charge is -2.23. The van der Waals surface area contributed by atoms with Crippen molar-refractivity contribution in [2.24, 2.45) is 0 Å². The quantitative estimate of drug-likeness (QED) is 0.831. The van der Waals surface area contributed by atoms with Gasteiger partial charge in [-0.15, -0.1) is 5.10 Å². The molecule has 1 atom stereocenters. The van der Waals surface area contributed by atoms with E-state index in [1.807, 2.05) is 0 Å². The van der Waals surface area contributed by atoms with Gasteiger partial charge in [0.2, 0.25) is 0 Å². The number of tetrazole rings is 1. The minimum Gasteiger partial charge on any atom is -0.479 e. The first kappa shape index (κ1) is 12.1. The van der Waals surface area contributed by atoms with E-state index in [-0.39, 0.29) is 0 Å². The third-order valence-corrected chi connectivity index (χ3v) is 2.90. The van der Waals surface area contributed by atoms with Gasteiger partial charge in [-0.1, -0.05) is 6.92 Å². The summed E-state index contributed by atoms with van der Waals surface area (Å²) in [6.07, 6.45) is 4.81. The molecular weight excluding hydrogens is 236 g/mol. The fourth-order valence-electron chi connectivity index (χ4n) is 1.51. The summed E-state index contributed by atoms with van der Waals surface area (Å²) in [6, 6.07) is 0. The molecule has 2 aromatic rings. The van der Waals surface area contributed by atoms with Crippen LogP contribution in [-0.4, -0.2) is 41.3 Å². The van der Waals surface area contributed by atoms with Gasteiger partial charge in [-0.3, -0.25) is 0 Å². The third-order valence-electron chi connectivity index (χ3n) is 2.90. The highest BCUT2D eigenvalue weighted by atomic mass is 16.4. The van der Waals surface area contributed by atoms with E-state index < -0.39 is 11.5 Å². The van der Waals surface area contributed by atoms with Gasteiger partial charge in [-0.2, -0.15) is 0 Å². The molecule has 18 heavy (non-hydrogen) atoms. The zero-order valence-corrected chi connectivity index (χ0v) is 9.98. The van der Waals surface area contributed by atoms with Crippen molar-refractivity contribution in [2.75, 3.05) is 0 Å². The Hall–Kier alpha value is -2.38. The zero-order valence-electron chi connectivity index (χ0n) is 9.98. The standard InChI is InChI=1S/C10H12N6O2/c1-3-10(2,9(17)18)16-8(13-14-15-16)7-4-11-6-12-5-7/h4-6H,3H2,1-2H3,(H,17,18). The van der Waals surface area contributed by atoms with Gasteiger partial charge in [0.25, 0.3) is 0 Å². The largest absolute Gasteiger partial charge is 0.479 e. The molecule has 0 aliphatic heterocycles.